The number of rotatable bonds is 9. The number of para-hydroxylation sites is 1. The molecule has 0 radical (unpaired) electrons. The Morgan fingerprint density at radius 3 is 2.71 bits per heavy atom. The average molecular weight is 346 g/mol. The molecule has 0 aliphatic carbocycles. The van der Waals surface area contributed by atoms with E-state index in [0.29, 0.717) is 17.1 Å². The molecule has 0 spiro atoms. The zero-order valence-corrected chi connectivity index (χ0v) is 15.5. The Balaban J connectivity index is 2.12. The van der Waals surface area contributed by atoms with Crippen molar-refractivity contribution in [3.63, 3.8) is 0 Å². The minimum atomic E-state index is -0.0652. The van der Waals surface area contributed by atoms with Crippen LogP contribution in [0.3, 0.4) is 0 Å². The Hall–Kier alpha value is -1.75. The smallest absolute Gasteiger partial charge is 0.255 e. The molecule has 5 heteroatoms. The van der Waals surface area contributed by atoms with Crippen molar-refractivity contribution in [2.45, 2.75) is 51.1 Å². The van der Waals surface area contributed by atoms with E-state index in [9.17, 15) is 4.79 Å². The first-order valence-corrected chi connectivity index (χ1v) is 9.72. The van der Waals surface area contributed by atoms with Gasteiger partial charge < -0.3 is 9.72 Å². The highest BCUT2D eigenvalue weighted by Gasteiger charge is 2.12. The summed E-state index contributed by atoms with van der Waals surface area (Å²) in [4.78, 5) is 19.6. The molecule has 2 rings (SSSR count). The van der Waals surface area contributed by atoms with Gasteiger partial charge in [-0.25, -0.2) is 4.98 Å². The number of aromatic nitrogens is 2. The van der Waals surface area contributed by atoms with E-state index < -0.39 is 0 Å². The molecule has 0 saturated carbocycles. The van der Waals surface area contributed by atoms with Gasteiger partial charge in [-0.05, 0) is 31.2 Å². The predicted molar refractivity (Wildman–Crippen MR) is 100 cm³/mol. The molecule has 1 aromatic carbocycles. The molecule has 0 amide bonds. The van der Waals surface area contributed by atoms with Crippen molar-refractivity contribution in [1.82, 2.24) is 9.97 Å². The third-order valence-electron chi connectivity index (χ3n) is 3.99. The topological polar surface area (TPSA) is 55.0 Å². The summed E-state index contributed by atoms with van der Waals surface area (Å²) < 4.78 is 5.94. The largest absolute Gasteiger partial charge is 0.493 e. The van der Waals surface area contributed by atoms with Gasteiger partial charge in [-0.2, -0.15) is 0 Å². The molecule has 130 valence electrons. The lowest BCUT2D eigenvalue weighted by Gasteiger charge is -2.12. The molecule has 0 aliphatic heterocycles. The third-order valence-corrected chi connectivity index (χ3v) is 4.57. The maximum atomic E-state index is 12.3. The Morgan fingerprint density at radius 1 is 1.21 bits per heavy atom. The number of hydrogen-bond donors (Lipinski definition) is 1. The fourth-order valence-corrected chi connectivity index (χ4v) is 3.00. The summed E-state index contributed by atoms with van der Waals surface area (Å²) >= 11 is 1.44. The van der Waals surface area contributed by atoms with E-state index in [2.05, 4.69) is 16.9 Å². The summed E-state index contributed by atoms with van der Waals surface area (Å²) in [7, 11) is 0. The summed E-state index contributed by atoms with van der Waals surface area (Å²) in [5, 5.41) is 0.654. The second-order valence-corrected chi connectivity index (χ2v) is 6.63. The van der Waals surface area contributed by atoms with Gasteiger partial charge in [0.1, 0.15) is 5.75 Å². The standard InChI is InChI=1S/C19H26N2O2S/c1-4-5-6-9-12-23-17-11-8-7-10-15(17)13-16-14(2)20-19(24-3)21-18(16)22/h7-8,10-11H,4-6,9,12-13H2,1-3H3,(H,20,21,22). The van der Waals surface area contributed by atoms with Gasteiger partial charge in [-0.3, -0.25) is 4.79 Å². The minimum Gasteiger partial charge on any atom is -0.493 e. The van der Waals surface area contributed by atoms with Crippen LogP contribution in [0.25, 0.3) is 0 Å². The van der Waals surface area contributed by atoms with Crippen molar-refractivity contribution in [3.8, 4) is 5.75 Å². The first-order valence-electron chi connectivity index (χ1n) is 8.50. The highest BCUT2D eigenvalue weighted by Crippen LogP contribution is 2.22. The van der Waals surface area contributed by atoms with Crippen LogP contribution in [0.1, 0.15) is 49.4 Å². The normalized spacial score (nSPS) is 10.8. The number of unbranched alkanes of at least 4 members (excludes halogenated alkanes) is 3. The monoisotopic (exact) mass is 346 g/mol. The van der Waals surface area contributed by atoms with Crippen LogP contribution < -0.4 is 10.3 Å². The number of nitrogens with zero attached hydrogens (tertiary/aromatic N) is 1. The Labute approximate surface area is 148 Å². The number of aromatic amines is 1. The van der Waals surface area contributed by atoms with E-state index in [1.54, 1.807) is 0 Å². The second-order valence-electron chi connectivity index (χ2n) is 5.83. The minimum absolute atomic E-state index is 0.0652. The van der Waals surface area contributed by atoms with E-state index in [0.717, 1.165) is 30.0 Å². The maximum Gasteiger partial charge on any atom is 0.255 e. The van der Waals surface area contributed by atoms with Crippen molar-refractivity contribution in [1.29, 1.82) is 0 Å². The van der Waals surface area contributed by atoms with Crippen LogP contribution >= 0.6 is 11.8 Å². The van der Waals surface area contributed by atoms with Crippen LogP contribution in [-0.2, 0) is 6.42 Å². The van der Waals surface area contributed by atoms with Crippen molar-refractivity contribution >= 4 is 11.8 Å². The van der Waals surface area contributed by atoms with Gasteiger partial charge in [0.05, 0.1) is 6.61 Å². The van der Waals surface area contributed by atoms with Crippen LogP contribution in [0.15, 0.2) is 34.2 Å². The van der Waals surface area contributed by atoms with Crippen molar-refractivity contribution in [3.05, 3.63) is 51.4 Å². The van der Waals surface area contributed by atoms with Crippen LogP contribution in [0.5, 0.6) is 5.75 Å². The molecule has 0 saturated heterocycles. The summed E-state index contributed by atoms with van der Waals surface area (Å²) in [5.41, 5.74) is 2.44. The number of thioether (sulfide) groups is 1. The Morgan fingerprint density at radius 2 is 2.00 bits per heavy atom. The number of nitrogens with one attached hydrogen (secondary N) is 1. The maximum absolute atomic E-state index is 12.3. The first kappa shape index (κ1) is 18.6. The fourth-order valence-electron chi connectivity index (χ4n) is 2.58. The predicted octanol–water partition coefficient (Wildman–Crippen LogP) is 4.35. The molecule has 0 unspecified atom stereocenters. The lowest BCUT2D eigenvalue weighted by atomic mass is 10.0. The highest BCUT2D eigenvalue weighted by molar-refractivity contribution is 7.98. The summed E-state index contributed by atoms with van der Waals surface area (Å²) in [6.07, 6.45) is 7.15. The van der Waals surface area contributed by atoms with Gasteiger partial charge in [0, 0.05) is 17.7 Å². The Bertz CT molecular complexity index is 713. The van der Waals surface area contributed by atoms with Crippen molar-refractivity contribution < 1.29 is 4.74 Å². The van der Waals surface area contributed by atoms with E-state index >= 15 is 0 Å². The summed E-state index contributed by atoms with van der Waals surface area (Å²) in [5.74, 6) is 0.863. The number of benzene rings is 1. The van der Waals surface area contributed by atoms with Crippen molar-refractivity contribution in [2.24, 2.45) is 0 Å². The van der Waals surface area contributed by atoms with E-state index in [1.165, 1.54) is 31.0 Å². The van der Waals surface area contributed by atoms with Gasteiger partial charge in [-0.15, -0.1) is 0 Å². The van der Waals surface area contributed by atoms with Gasteiger partial charge in [0.25, 0.3) is 5.56 Å². The number of ether oxygens (including phenoxy) is 1. The molecule has 1 heterocycles. The number of hydrogen-bond acceptors (Lipinski definition) is 4. The molecular formula is C19H26N2O2S. The first-order chi connectivity index (χ1) is 11.7. The van der Waals surface area contributed by atoms with Gasteiger partial charge in [0.15, 0.2) is 5.16 Å². The molecule has 0 atom stereocenters. The van der Waals surface area contributed by atoms with Crippen LogP contribution in [-0.4, -0.2) is 22.8 Å². The fraction of sp³-hybridized carbons (Fsp3) is 0.474. The summed E-state index contributed by atoms with van der Waals surface area (Å²) in [6.45, 7) is 4.81. The van der Waals surface area contributed by atoms with E-state index in [1.807, 2.05) is 37.4 Å². The molecule has 1 N–H and O–H groups in total. The lowest BCUT2D eigenvalue weighted by Crippen LogP contribution is -2.18. The van der Waals surface area contributed by atoms with Gasteiger partial charge in [-0.1, -0.05) is 56.1 Å². The third kappa shape index (κ3) is 5.13. The number of H-pyrrole nitrogens is 1. The zero-order valence-electron chi connectivity index (χ0n) is 14.7. The zero-order chi connectivity index (χ0) is 17.4. The molecule has 0 bridgehead atoms. The molecule has 4 nitrogen and oxygen atoms in total. The second kappa shape index (κ2) is 9.52. The van der Waals surface area contributed by atoms with Gasteiger partial charge in [0.2, 0.25) is 0 Å². The van der Waals surface area contributed by atoms with E-state index in [-0.39, 0.29) is 5.56 Å². The molecule has 2 aromatic rings. The van der Waals surface area contributed by atoms with Crippen LogP contribution in [0.4, 0.5) is 0 Å². The SMILES string of the molecule is CCCCCCOc1ccccc1Cc1c(C)nc(SC)[nH]c1=O. The molecule has 24 heavy (non-hydrogen) atoms. The van der Waals surface area contributed by atoms with Gasteiger partial charge >= 0.3 is 0 Å². The quantitative estimate of drug-likeness (QED) is 0.417. The van der Waals surface area contributed by atoms with E-state index in [4.69, 9.17) is 4.74 Å². The van der Waals surface area contributed by atoms with Crippen LogP contribution in [0, 0.1) is 6.92 Å². The Kier molecular flexibility index (Phi) is 7.37. The van der Waals surface area contributed by atoms with Crippen molar-refractivity contribution in [2.75, 3.05) is 12.9 Å². The average Bonchev–Trinajstić information content (AvgIpc) is 2.58. The molecule has 0 fully saturated rings. The summed E-state index contributed by atoms with van der Waals surface area (Å²) in [6, 6.07) is 7.94. The molecule has 0 aliphatic rings. The number of aryl methyl sites for hydroxylation is 1. The highest BCUT2D eigenvalue weighted by atomic mass is 32.2. The lowest BCUT2D eigenvalue weighted by molar-refractivity contribution is 0.302. The molecular weight excluding hydrogens is 320 g/mol. The molecule has 1 aromatic heterocycles. The van der Waals surface area contributed by atoms with Crippen LogP contribution in [0.2, 0.25) is 0 Å².